The van der Waals surface area contributed by atoms with Crippen molar-refractivity contribution in [3.05, 3.63) is 23.8 Å². The summed E-state index contributed by atoms with van der Waals surface area (Å²) in [5.74, 6) is -0.512. The van der Waals surface area contributed by atoms with Crippen molar-refractivity contribution in [2.75, 3.05) is 26.9 Å². The lowest BCUT2D eigenvalue weighted by atomic mass is 10.2. The number of ether oxygens (including phenoxy) is 2. The fourth-order valence-corrected chi connectivity index (χ4v) is 1.36. The van der Waals surface area contributed by atoms with Gasteiger partial charge in [-0.1, -0.05) is 0 Å². The van der Waals surface area contributed by atoms with Crippen LogP contribution in [-0.4, -0.2) is 44.1 Å². The topological polar surface area (TPSA) is 67.8 Å². The molecule has 1 amide bonds. The van der Waals surface area contributed by atoms with Crippen LogP contribution >= 0.6 is 0 Å². The van der Waals surface area contributed by atoms with Crippen LogP contribution < -0.4 is 10.1 Å². The third-order valence-corrected chi connectivity index (χ3v) is 2.24. The maximum atomic E-state index is 11.8. The normalized spacial score (nSPS) is 11.2. The van der Waals surface area contributed by atoms with E-state index in [0.717, 1.165) is 0 Å². The Morgan fingerprint density at radius 1 is 1.40 bits per heavy atom. The van der Waals surface area contributed by atoms with Crippen molar-refractivity contribution in [3.63, 3.8) is 0 Å². The minimum absolute atomic E-state index is 0.0678. The van der Waals surface area contributed by atoms with Gasteiger partial charge in [-0.2, -0.15) is 13.2 Å². The maximum absolute atomic E-state index is 11.8. The van der Waals surface area contributed by atoms with Crippen LogP contribution in [0.4, 0.5) is 13.2 Å². The molecule has 0 aliphatic heterocycles. The molecule has 0 aliphatic carbocycles. The van der Waals surface area contributed by atoms with Crippen LogP contribution in [0.2, 0.25) is 0 Å². The van der Waals surface area contributed by atoms with Gasteiger partial charge in [0.05, 0.1) is 13.7 Å². The predicted octanol–water partition coefficient (Wildman–Crippen LogP) is 1.71. The largest absolute Gasteiger partial charge is 0.504 e. The Morgan fingerprint density at radius 3 is 2.65 bits per heavy atom. The van der Waals surface area contributed by atoms with Gasteiger partial charge in [-0.3, -0.25) is 4.79 Å². The van der Waals surface area contributed by atoms with Gasteiger partial charge in [0.2, 0.25) is 0 Å². The molecule has 0 unspecified atom stereocenters. The number of alkyl halides is 3. The van der Waals surface area contributed by atoms with Gasteiger partial charge < -0.3 is 19.9 Å². The van der Waals surface area contributed by atoms with Gasteiger partial charge in [0.25, 0.3) is 5.91 Å². The molecule has 0 bridgehead atoms. The van der Waals surface area contributed by atoms with Crippen molar-refractivity contribution in [1.82, 2.24) is 5.32 Å². The van der Waals surface area contributed by atoms with Crippen molar-refractivity contribution in [2.24, 2.45) is 0 Å². The summed E-state index contributed by atoms with van der Waals surface area (Å²) in [5.41, 5.74) is 0.166. The summed E-state index contributed by atoms with van der Waals surface area (Å²) in [6.45, 7) is -1.68. The SMILES string of the molecule is COc1ccc(C(=O)NCCOCC(F)(F)F)cc1O. The quantitative estimate of drug-likeness (QED) is 0.784. The van der Waals surface area contributed by atoms with E-state index in [1.165, 1.54) is 25.3 Å². The monoisotopic (exact) mass is 293 g/mol. The number of halogens is 3. The van der Waals surface area contributed by atoms with E-state index in [2.05, 4.69) is 10.1 Å². The number of amides is 1. The lowest BCUT2D eigenvalue weighted by molar-refractivity contribution is -0.173. The number of nitrogens with one attached hydrogen (secondary N) is 1. The van der Waals surface area contributed by atoms with Crippen LogP contribution in [0.3, 0.4) is 0 Å². The molecule has 1 aromatic rings. The van der Waals surface area contributed by atoms with Gasteiger partial charge in [0.15, 0.2) is 11.5 Å². The van der Waals surface area contributed by atoms with E-state index in [0.29, 0.717) is 0 Å². The molecule has 8 heteroatoms. The zero-order valence-electron chi connectivity index (χ0n) is 10.7. The standard InChI is InChI=1S/C12H14F3NO4/c1-19-10-3-2-8(6-9(10)17)11(18)16-4-5-20-7-12(13,14)15/h2-3,6,17H,4-5,7H2,1H3,(H,16,18). The first kappa shape index (κ1) is 16.1. The van der Waals surface area contributed by atoms with Crippen molar-refractivity contribution < 1.29 is 32.5 Å². The van der Waals surface area contributed by atoms with Crippen LogP contribution in [0.1, 0.15) is 10.4 Å². The van der Waals surface area contributed by atoms with E-state index in [4.69, 9.17) is 4.74 Å². The fourth-order valence-electron chi connectivity index (χ4n) is 1.36. The molecule has 1 aromatic carbocycles. The van der Waals surface area contributed by atoms with Crippen LogP contribution in [0, 0.1) is 0 Å². The van der Waals surface area contributed by atoms with E-state index in [-0.39, 0.29) is 30.2 Å². The second-order valence-electron chi connectivity index (χ2n) is 3.81. The average molecular weight is 293 g/mol. The molecule has 0 aromatic heterocycles. The molecule has 20 heavy (non-hydrogen) atoms. The number of rotatable bonds is 6. The minimum Gasteiger partial charge on any atom is -0.504 e. The summed E-state index contributed by atoms with van der Waals surface area (Å²) >= 11 is 0. The van der Waals surface area contributed by atoms with Gasteiger partial charge in [-0.25, -0.2) is 0 Å². The number of hydrogen-bond donors (Lipinski definition) is 2. The van der Waals surface area contributed by atoms with E-state index in [1.54, 1.807) is 0 Å². The van der Waals surface area contributed by atoms with Crippen LogP contribution in [-0.2, 0) is 4.74 Å². The molecule has 0 heterocycles. The Balaban J connectivity index is 2.38. The summed E-state index contributed by atoms with van der Waals surface area (Å²) in [6, 6.07) is 4.03. The fraction of sp³-hybridized carbons (Fsp3) is 0.417. The maximum Gasteiger partial charge on any atom is 0.411 e. The molecule has 2 N–H and O–H groups in total. The molecule has 0 aliphatic rings. The number of carbonyl (C=O) groups excluding carboxylic acids is 1. The highest BCUT2D eigenvalue weighted by Crippen LogP contribution is 2.26. The number of methoxy groups -OCH3 is 1. The van der Waals surface area contributed by atoms with Gasteiger partial charge >= 0.3 is 6.18 Å². The van der Waals surface area contributed by atoms with E-state index >= 15 is 0 Å². The number of phenols is 1. The van der Waals surface area contributed by atoms with Gasteiger partial charge in [-0.15, -0.1) is 0 Å². The minimum atomic E-state index is -4.38. The first-order chi connectivity index (χ1) is 9.33. The number of phenolic OH excluding ortho intramolecular Hbond substituents is 1. The molecule has 112 valence electrons. The van der Waals surface area contributed by atoms with Crippen molar-refractivity contribution in [1.29, 1.82) is 0 Å². The second-order valence-corrected chi connectivity index (χ2v) is 3.81. The second kappa shape index (κ2) is 6.99. The van der Waals surface area contributed by atoms with Crippen molar-refractivity contribution in [2.45, 2.75) is 6.18 Å². The van der Waals surface area contributed by atoms with Crippen LogP contribution in [0.5, 0.6) is 11.5 Å². The molecule has 1 rings (SSSR count). The summed E-state index contributed by atoms with van der Waals surface area (Å²) < 4.78 is 44.5. The average Bonchev–Trinajstić information content (AvgIpc) is 2.36. The lowest BCUT2D eigenvalue weighted by Crippen LogP contribution is -2.28. The lowest BCUT2D eigenvalue weighted by Gasteiger charge is -2.09. The Labute approximate surface area is 113 Å². The summed E-state index contributed by atoms with van der Waals surface area (Å²) in [5, 5.41) is 11.9. The molecule has 0 saturated carbocycles. The summed E-state index contributed by atoms with van der Waals surface area (Å²) in [7, 11) is 1.37. The Morgan fingerprint density at radius 2 is 2.10 bits per heavy atom. The molecule has 0 fully saturated rings. The Hall–Kier alpha value is -1.96. The molecule has 0 radical (unpaired) electrons. The third kappa shape index (κ3) is 5.35. The van der Waals surface area contributed by atoms with E-state index < -0.39 is 18.7 Å². The molecule has 5 nitrogen and oxygen atoms in total. The number of hydrogen-bond acceptors (Lipinski definition) is 4. The zero-order valence-corrected chi connectivity index (χ0v) is 10.7. The summed E-state index contributed by atoms with van der Waals surface area (Å²) in [6.07, 6.45) is -4.38. The predicted molar refractivity (Wildman–Crippen MR) is 63.9 cm³/mol. The Kier molecular flexibility index (Phi) is 5.63. The first-order valence-electron chi connectivity index (χ1n) is 5.63. The number of carbonyl (C=O) groups is 1. The first-order valence-corrected chi connectivity index (χ1v) is 5.63. The number of benzene rings is 1. The molecular weight excluding hydrogens is 279 g/mol. The van der Waals surface area contributed by atoms with Crippen LogP contribution in [0.25, 0.3) is 0 Å². The van der Waals surface area contributed by atoms with Gasteiger partial charge in [0.1, 0.15) is 6.61 Å². The number of aromatic hydroxyl groups is 1. The Bertz CT molecular complexity index is 463. The van der Waals surface area contributed by atoms with Crippen molar-refractivity contribution in [3.8, 4) is 11.5 Å². The zero-order chi connectivity index (χ0) is 15.2. The molecule has 0 spiro atoms. The highest BCUT2D eigenvalue weighted by molar-refractivity contribution is 5.94. The highest BCUT2D eigenvalue weighted by Gasteiger charge is 2.27. The van der Waals surface area contributed by atoms with Gasteiger partial charge in [-0.05, 0) is 18.2 Å². The summed E-state index contributed by atoms with van der Waals surface area (Å²) in [4.78, 5) is 11.6. The molecule has 0 atom stereocenters. The van der Waals surface area contributed by atoms with Gasteiger partial charge in [0, 0.05) is 12.1 Å². The van der Waals surface area contributed by atoms with Crippen molar-refractivity contribution >= 4 is 5.91 Å². The van der Waals surface area contributed by atoms with E-state index in [1.807, 2.05) is 0 Å². The smallest absolute Gasteiger partial charge is 0.411 e. The third-order valence-electron chi connectivity index (χ3n) is 2.24. The van der Waals surface area contributed by atoms with Crippen LogP contribution in [0.15, 0.2) is 18.2 Å². The molecular formula is C12H14F3NO4. The van der Waals surface area contributed by atoms with E-state index in [9.17, 15) is 23.1 Å². The highest BCUT2D eigenvalue weighted by atomic mass is 19.4. The molecule has 0 saturated heterocycles.